The molecule has 0 radical (unpaired) electrons. The van der Waals surface area contributed by atoms with Gasteiger partial charge in [-0.15, -0.1) is 0 Å². The third-order valence-corrected chi connectivity index (χ3v) is 11.1. The highest BCUT2D eigenvalue weighted by Gasteiger charge is 2.73. The number of carbonyl (C=O) groups is 3. The van der Waals surface area contributed by atoms with E-state index in [-0.39, 0.29) is 52.3 Å². The fraction of sp³-hybridized carbons (Fsp3) is 0.828. The molecular formula is C29H44N2O4. The fourth-order valence-electron chi connectivity index (χ4n) is 9.67. The van der Waals surface area contributed by atoms with Crippen molar-refractivity contribution in [2.45, 2.75) is 73.1 Å². The van der Waals surface area contributed by atoms with Crippen molar-refractivity contribution in [3.05, 3.63) is 11.6 Å². The number of esters is 1. The average Bonchev–Trinajstić information content (AvgIpc) is 3.12. The second kappa shape index (κ2) is 8.71. The van der Waals surface area contributed by atoms with E-state index in [2.05, 4.69) is 45.6 Å². The summed E-state index contributed by atoms with van der Waals surface area (Å²) < 4.78 is 5.25. The minimum atomic E-state index is -0.262. The first-order valence-corrected chi connectivity index (χ1v) is 14.0. The van der Waals surface area contributed by atoms with Crippen LogP contribution in [0.4, 0.5) is 0 Å². The first kappa shape index (κ1) is 25.0. The van der Waals surface area contributed by atoms with Gasteiger partial charge >= 0.3 is 5.97 Å². The summed E-state index contributed by atoms with van der Waals surface area (Å²) in [7, 11) is 1.51. The molecule has 1 saturated heterocycles. The molecule has 35 heavy (non-hydrogen) atoms. The molecular weight excluding hydrogens is 440 g/mol. The molecule has 0 unspecified atom stereocenters. The molecule has 1 aliphatic heterocycles. The van der Waals surface area contributed by atoms with Crippen molar-refractivity contribution in [2.24, 2.45) is 52.3 Å². The fourth-order valence-corrected chi connectivity index (χ4v) is 9.67. The van der Waals surface area contributed by atoms with Gasteiger partial charge in [-0.25, -0.2) is 0 Å². The Morgan fingerprint density at radius 2 is 1.89 bits per heavy atom. The summed E-state index contributed by atoms with van der Waals surface area (Å²) in [6, 6.07) is 0. The highest BCUT2D eigenvalue weighted by Crippen LogP contribution is 2.74. The van der Waals surface area contributed by atoms with Crippen molar-refractivity contribution in [1.29, 1.82) is 0 Å². The van der Waals surface area contributed by atoms with Crippen LogP contribution in [-0.4, -0.2) is 54.5 Å². The summed E-state index contributed by atoms with van der Waals surface area (Å²) in [5.74, 6) is 0.659. The zero-order valence-electron chi connectivity index (χ0n) is 22.5. The maximum absolute atomic E-state index is 14.2. The molecule has 2 amide bonds. The molecule has 4 fully saturated rings. The summed E-state index contributed by atoms with van der Waals surface area (Å²) in [4.78, 5) is 44.5. The van der Waals surface area contributed by atoms with E-state index in [0.717, 1.165) is 51.6 Å². The summed E-state index contributed by atoms with van der Waals surface area (Å²) in [5, 5.41) is 0. The largest absolute Gasteiger partial charge is 0.469 e. The molecule has 6 aliphatic rings. The van der Waals surface area contributed by atoms with Gasteiger partial charge in [0.2, 0.25) is 11.8 Å². The Morgan fingerprint density at radius 1 is 1.17 bits per heavy atom. The second-order valence-corrected chi connectivity index (χ2v) is 12.5. The standard InChI is InChI=1S/C29H44N2O4/c1-7-30(8-2)16-31-25(32)23-18-14-21(17(3)4)29(24(23)26(31)33)13-11-20-19(27(34)35-6)10-9-12-28(20,5)22(29)15-18/h14,17-20,22-24H,7-13,15-16H2,1-6H3/t18-,19+,20+,22+,23+,24-,28+,29-/m0/s1. The van der Waals surface area contributed by atoms with E-state index in [1.165, 1.54) is 12.7 Å². The molecule has 1 spiro atoms. The van der Waals surface area contributed by atoms with Crippen LogP contribution >= 0.6 is 0 Å². The van der Waals surface area contributed by atoms with Crippen LogP contribution in [0, 0.1) is 52.3 Å². The van der Waals surface area contributed by atoms with Gasteiger partial charge in [-0.3, -0.25) is 24.2 Å². The van der Waals surface area contributed by atoms with Crippen molar-refractivity contribution < 1.29 is 19.1 Å². The molecule has 2 bridgehead atoms. The third kappa shape index (κ3) is 3.27. The van der Waals surface area contributed by atoms with Crippen LogP contribution in [0.25, 0.3) is 0 Å². The van der Waals surface area contributed by atoms with E-state index in [9.17, 15) is 14.4 Å². The molecule has 6 nitrogen and oxygen atoms in total. The number of nitrogens with zero attached hydrogens (tertiary/aromatic N) is 2. The summed E-state index contributed by atoms with van der Waals surface area (Å²) in [5.41, 5.74) is 1.15. The van der Waals surface area contributed by atoms with Gasteiger partial charge in [-0.1, -0.05) is 52.7 Å². The highest BCUT2D eigenvalue weighted by molar-refractivity contribution is 6.06. The topological polar surface area (TPSA) is 66.9 Å². The molecule has 5 aliphatic carbocycles. The predicted molar refractivity (Wildman–Crippen MR) is 134 cm³/mol. The summed E-state index contributed by atoms with van der Waals surface area (Å²) >= 11 is 0. The molecule has 8 atom stereocenters. The van der Waals surface area contributed by atoms with Crippen LogP contribution in [0.1, 0.15) is 73.1 Å². The molecule has 0 aromatic rings. The molecule has 0 aromatic heterocycles. The number of amides is 2. The van der Waals surface area contributed by atoms with Crippen molar-refractivity contribution in [2.75, 3.05) is 26.9 Å². The van der Waals surface area contributed by atoms with Crippen LogP contribution in [0.2, 0.25) is 0 Å². The van der Waals surface area contributed by atoms with E-state index >= 15 is 0 Å². The second-order valence-electron chi connectivity index (χ2n) is 12.5. The number of imide groups is 1. The summed E-state index contributed by atoms with van der Waals surface area (Å²) in [6.45, 7) is 13.1. The summed E-state index contributed by atoms with van der Waals surface area (Å²) in [6.07, 6.45) is 8.25. The monoisotopic (exact) mass is 484 g/mol. The first-order valence-electron chi connectivity index (χ1n) is 14.0. The number of carbonyl (C=O) groups excluding carboxylic acids is 3. The Bertz CT molecular complexity index is 939. The van der Waals surface area contributed by atoms with Crippen molar-refractivity contribution in [3.63, 3.8) is 0 Å². The normalized spacial score (nSPS) is 42.2. The van der Waals surface area contributed by atoms with Gasteiger partial charge in [-0.2, -0.15) is 0 Å². The number of fused-ring (bicyclic) bond motifs is 1. The molecule has 3 saturated carbocycles. The Kier molecular flexibility index (Phi) is 6.22. The lowest BCUT2D eigenvalue weighted by Crippen LogP contribution is -2.64. The molecule has 6 heteroatoms. The van der Waals surface area contributed by atoms with Crippen LogP contribution in [0.5, 0.6) is 0 Å². The van der Waals surface area contributed by atoms with Crippen molar-refractivity contribution in [1.82, 2.24) is 9.80 Å². The van der Waals surface area contributed by atoms with Gasteiger partial charge in [0, 0.05) is 5.41 Å². The smallest absolute Gasteiger partial charge is 0.308 e. The molecule has 0 N–H and O–H groups in total. The van der Waals surface area contributed by atoms with E-state index < -0.39 is 0 Å². The lowest BCUT2D eigenvalue weighted by atomic mass is 9.35. The van der Waals surface area contributed by atoms with Crippen molar-refractivity contribution >= 4 is 17.8 Å². The van der Waals surface area contributed by atoms with Gasteiger partial charge in [0.05, 0.1) is 31.5 Å². The Labute approximate surface area is 210 Å². The first-order chi connectivity index (χ1) is 16.6. The van der Waals surface area contributed by atoms with Crippen LogP contribution in [-0.2, 0) is 19.1 Å². The lowest BCUT2D eigenvalue weighted by molar-refractivity contribution is -0.183. The zero-order chi connectivity index (χ0) is 25.3. The van der Waals surface area contributed by atoms with E-state index in [0.29, 0.717) is 24.4 Å². The molecule has 1 heterocycles. The SMILES string of the molecule is CCN(CC)CN1C(=O)[C@H]2[C@@H](C1=O)[C@]13CC[C@@H]4[C@H](C(=O)OC)CCC[C@@]4(C)[C@H]1C[C@@H]2C=C3C(C)C. The number of rotatable bonds is 6. The maximum atomic E-state index is 14.2. The average molecular weight is 485 g/mol. The van der Waals surface area contributed by atoms with E-state index in [1.54, 1.807) is 4.90 Å². The predicted octanol–water partition coefficient (Wildman–Crippen LogP) is 4.49. The van der Waals surface area contributed by atoms with Gasteiger partial charge in [0.25, 0.3) is 0 Å². The Balaban J connectivity index is 1.59. The number of hydrogen-bond acceptors (Lipinski definition) is 5. The highest BCUT2D eigenvalue weighted by atomic mass is 16.5. The number of hydrogen-bond donors (Lipinski definition) is 0. The van der Waals surface area contributed by atoms with E-state index in [4.69, 9.17) is 4.74 Å². The number of likely N-dealkylation sites (tertiary alicyclic amines) is 1. The lowest BCUT2D eigenvalue weighted by Gasteiger charge is -2.68. The van der Waals surface area contributed by atoms with Gasteiger partial charge in [0.15, 0.2) is 0 Å². The molecule has 0 aromatic carbocycles. The minimum Gasteiger partial charge on any atom is -0.469 e. The van der Waals surface area contributed by atoms with Crippen LogP contribution in [0.15, 0.2) is 11.6 Å². The quantitative estimate of drug-likeness (QED) is 0.316. The third-order valence-electron chi connectivity index (χ3n) is 11.1. The zero-order valence-corrected chi connectivity index (χ0v) is 22.5. The number of allylic oxidation sites excluding steroid dienone is 2. The Morgan fingerprint density at radius 3 is 2.51 bits per heavy atom. The molecule has 6 rings (SSSR count). The maximum Gasteiger partial charge on any atom is 0.308 e. The van der Waals surface area contributed by atoms with Gasteiger partial charge in [0.1, 0.15) is 0 Å². The van der Waals surface area contributed by atoms with E-state index in [1.807, 2.05) is 0 Å². The van der Waals surface area contributed by atoms with Crippen LogP contribution in [0.3, 0.4) is 0 Å². The van der Waals surface area contributed by atoms with Gasteiger partial charge in [-0.05, 0) is 74.3 Å². The number of methoxy groups -OCH3 is 1. The van der Waals surface area contributed by atoms with Gasteiger partial charge < -0.3 is 4.74 Å². The number of ether oxygens (including phenoxy) is 1. The minimum absolute atomic E-state index is 0.0113. The Hall–Kier alpha value is -1.69. The van der Waals surface area contributed by atoms with Crippen LogP contribution < -0.4 is 0 Å². The molecule has 194 valence electrons. The van der Waals surface area contributed by atoms with Crippen molar-refractivity contribution in [3.8, 4) is 0 Å².